The summed E-state index contributed by atoms with van der Waals surface area (Å²) < 4.78 is 12.7. The van der Waals surface area contributed by atoms with E-state index in [1.54, 1.807) is 22.9 Å². The van der Waals surface area contributed by atoms with Crippen molar-refractivity contribution in [3.63, 3.8) is 0 Å². The molecule has 4 rings (SSSR count). The van der Waals surface area contributed by atoms with Gasteiger partial charge in [0.25, 0.3) is 0 Å². The van der Waals surface area contributed by atoms with Crippen LogP contribution in [-0.4, -0.2) is 108 Å². The number of aromatic hydroxyl groups is 1. The fourth-order valence-corrected chi connectivity index (χ4v) is 4.30. The number of phenolic OH excluding ortho intramolecular Hbond substituents is 1. The molecule has 3 aliphatic heterocycles. The monoisotopic (exact) mass is 507 g/mol. The second-order valence-corrected chi connectivity index (χ2v) is 8.70. The number of phenols is 1. The topological polar surface area (TPSA) is 209 Å². The first-order chi connectivity index (χ1) is 17.1. The van der Waals surface area contributed by atoms with Crippen LogP contribution in [0.25, 0.3) is 0 Å². The number of nitrogens with one attached hydrogen (secondary N) is 1. The van der Waals surface area contributed by atoms with Gasteiger partial charge in [-0.1, -0.05) is 0 Å². The third-order valence-corrected chi connectivity index (χ3v) is 6.28. The van der Waals surface area contributed by atoms with Crippen LogP contribution in [0.1, 0.15) is 12.0 Å². The average Bonchev–Trinajstić information content (AvgIpc) is 3.24. The number of aliphatic carboxylic acids is 2. The van der Waals surface area contributed by atoms with Crippen molar-refractivity contribution in [1.29, 1.82) is 0 Å². The van der Waals surface area contributed by atoms with Gasteiger partial charge in [0.15, 0.2) is 24.3 Å². The molecule has 3 heterocycles. The highest BCUT2D eigenvalue weighted by molar-refractivity contribution is 5.89. The van der Waals surface area contributed by atoms with Crippen LogP contribution in [0.2, 0.25) is 0 Å². The lowest BCUT2D eigenvalue weighted by Gasteiger charge is -2.39. The first-order valence-electron chi connectivity index (χ1n) is 11.2. The van der Waals surface area contributed by atoms with Crippen LogP contribution in [0.5, 0.6) is 11.5 Å². The van der Waals surface area contributed by atoms with Crippen molar-refractivity contribution in [2.75, 3.05) is 13.2 Å². The number of aliphatic hydroxyl groups is 4. The van der Waals surface area contributed by atoms with E-state index in [0.717, 1.165) is 5.56 Å². The Morgan fingerprint density at radius 3 is 2.58 bits per heavy atom. The first kappa shape index (κ1) is 25.6. The number of allylic oxidation sites excluding steroid dienone is 2. The first-order valence-corrected chi connectivity index (χ1v) is 11.2. The maximum absolute atomic E-state index is 11.4. The molecule has 3 aliphatic rings. The summed E-state index contributed by atoms with van der Waals surface area (Å²) in [6.45, 7) is -0.105. The maximum atomic E-state index is 11.4. The molecule has 0 radical (unpaired) electrons. The lowest BCUT2D eigenvalue weighted by Crippen LogP contribution is -2.60. The Morgan fingerprint density at radius 1 is 1.17 bits per heavy atom. The average molecular weight is 507 g/mol. The fourth-order valence-electron chi connectivity index (χ4n) is 4.30. The Kier molecular flexibility index (Phi) is 7.28. The molecule has 0 spiro atoms. The number of nitrogens with zero attached hydrogens (tertiary/aromatic N) is 1. The van der Waals surface area contributed by atoms with Crippen molar-refractivity contribution in [2.24, 2.45) is 0 Å². The van der Waals surface area contributed by atoms with E-state index in [1.165, 1.54) is 12.1 Å². The van der Waals surface area contributed by atoms with Gasteiger partial charge in [0.05, 0.1) is 12.7 Å². The van der Waals surface area contributed by atoms with E-state index in [4.69, 9.17) is 9.47 Å². The minimum Gasteiger partial charge on any atom is -0.504 e. The molecule has 13 nitrogen and oxygen atoms in total. The molecule has 13 heteroatoms. The van der Waals surface area contributed by atoms with Gasteiger partial charge in [0.2, 0.25) is 12.0 Å². The molecule has 0 amide bonds. The molecule has 1 aromatic carbocycles. The number of carbonyl (C=O) groups is 2. The number of ether oxygens (including phenoxy) is 2. The Morgan fingerprint density at radius 2 is 1.92 bits per heavy atom. The highest BCUT2D eigenvalue weighted by Gasteiger charge is 2.45. The van der Waals surface area contributed by atoms with Crippen LogP contribution >= 0.6 is 0 Å². The van der Waals surface area contributed by atoms with Gasteiger partial charge in [0, 0.05) is 24.5 Å². The van der Waals surface area contributed by atoms with Gasteiger partial charge in [-0.25, -0.2) is 9.59 Å². The number of benzene rings is 1. The standard InChI is InChI=1S/C23H26N2O11/c26-9-17-18(28)19(29)20(30)23(36-17)35-16-7-11-2-4-25(14(11)8-15(16)27)3-1-10-5-12(21(31)32)24-13(6-10)22(33)34/h1,3,5,7-8,13,17-20,23,26,28-30H,2,4,6,9H2,(H3,27,31,32,33,34)/p+1/t13-,17-,18-,19+,20-,23-/m1/s1. The van der Waals surface area contributed by atoms with Crippen LogP contribution in [0.15, 0.2) is 35.6 Å². The van der Waals surface area contributed by atoms with Crippen molar-refractivity contribution in [1.82, 2.24) is 5.32 Å². The quantitative estimate of drug-likeness (QED) is 0.200. The van der Waals surface area contributed by atoms with E-state index in [1.807, 2.05) is 0 Å². The SMILES string of the molecule is O=C(O)C1=CC(=CC=[N+]2CCc3cc(O[C@@H]4O[C@H](CO)[C@@H](O)[C@H](O)[C@H]4O)c(O)cc32)C[C@H](C(=O)O)N1. The van der Waals surface area contributed by atoms with Crippen molar-refractivity contribution in [2.45, 2.75) is 49.6 Å². The zero-order valence-electron chi connectivity index (χ0n) is 18.9. The summed E-state index contributed by atoms with van der Waals surface area (Å²) in [7, 11) is 0. The molecular weight excluding hydrogens is 480 g/mol. The minimum absolute atomic E-state index is 0.0324. The van der Waals surface area contributed by atoms with E-state index in [9.17, 15) is 45.3 Å². The van der Waals surface area contributed by atoms with E-state index in [2.05, 4.69) is 5.32 Å². The van der Waals surface area contributed by atoms with Crippen LogP contribution in [-0.2, 0) is 20.7 Å². The molecule has 0 aliphatic carbocycles. The van der Waals surface area contributed by atoms with Gasteiger partial charge >= 0.3 is 11.9 Å². The third-order valence-electron chi connectivity index (χ3n) is 6.28. The number of fused-ring (bicyclic) bond motifs is 1. The van der Waals surface area contributed by atoms with E-state index >= 15 is 0 Å². The Bertz CT molecular complexity index is 1140. The summed E-state index contributed by atoms with van der Waals surface area (Å²) >= 11 is 0. The molecule has 0 saturated carbocycles. The molecule has 8 N–H and O–H groups in total. The van der Waals surface area contributed by atoms with Gasteiger partial charge in [-0.3, -0.25) is 0 Å². The summed E-state index contributed by atoms with van der Waals surface area (Å²) in [5, 5.41) is 70.9. The predicted molar refractivity (Wildman–Crippen MR) is 120 cm³/mol. The van der Waals surface area contributed by atoms with Crippen molar-refractivity contribution < 1.29 is 59.4 Å². The molecule has 6 atom stereocenters. The van der Waals surface area contributed by atoms with Crippen molar-refractivity contribution in [3.05, 3.63) is 41.1 Å². The molecule has 194 valence electrons. The molecule has 0 bridgehead atoms. The summed E-state index contributed by atoms with van der Waals surface area (Å²) in [5.74, 6) is -2.76. The predicted octanol–water partition coefficient (Wildman–Crippen LogP) is -1.82. The second kappa shape index (κ2) is 10.2. The summed E-state index contributed by atoms with van der Waals surface area (Å²) in [6.07, 6.45) is -2.12. The summed E-state index contributed by atoms with van der Waals surface area (Å²) in [6, 6.07) is 1.90. The van der Waals surface area contributed by atoms with E-state index < -0.39 is 55.3 Å². The van der Waals surface area contributed by atoms with Gasteiger partial charge in [-0.05, 0) is 17.7 Å². The smallest absolute Gasteiger partial charge is 0.351 e. The number of aliphatic hydroxyl groups excluding tert-OH is 4. The third kappa shape index (κ3) is 5.05. The molecule has 1 fully saturated rings. The van der Waals surface area contributed by atoms with Crippen molar-refractivity contribution >= 4 is 23.8 Å². The molecule has 36 heavy (non-hydrogen) atoms. The molecule has 1 aromatic rings. The van der Waals surface area contributed by atoms with Crippen molar-refractivity contribution in [3.8, 4) is 11.5 Å². The van der Waals surface area contributed by atoms with Crippen LogP contribution < -0.4 is 10.1 Å². The lowest BCUT2D eigenvalue weighted by molar-refractivity contribution is -0.423. The van der Waals surface area contributed by atoms with Crippen LogP contribution in [0, 0.1) is 0 Å². The maximum Gasteiger partial charge on any atom is 0.351 e. The molecule has 0 unspecified atom stereocenters. The molecule has 1 saturated heterocycles. The Labute approximate surface area is 204 Å². The zero-order chi connectivity index (χ0) is 26.1. The van der Waals surface area contributed by atoms with Gasteiger partial charge in [0.1, 0.15) is 36.2 Å². The number of carboxylic acid groups (broad SMARTS) is 2. The number of hydrogen-bond donors (Lipinski definition) is 8. The highest BCUT2D eigenvalue weighted by Crippen LogP contribution is 2.38. The normalized spacial score (nSPS) is 32.1. The van der Waals surface area contributed by atoms with E-state index in [-0.39, 0.29) is 23.6 Å². The molecule has 0 aromatic heterocycles. The van der Waals surface area contributed by atoms with Gasteiger partial charge in [-0.15, -0.1) is 0 Å². The summed E-state index contributed by atoms with van der Waals surface area (Å²) in [5.41, 5.74) is 1.69. The summed E-state index contributed by atoms with van der Waals surface area (Å²) in [4.78, 5) is 22.7. The van der Waals surface area contributed by atoms with Gasteiger partial charge in [-0.2, -0.15) is 4.58 Å². The highest BCUT2D eigenvalue weighted by atomic mass is 16.7. The fraction of sp³-hybridized carbons (Fsp3) is 0.435. The second-order valence-electron chi connectivity index (χ2n) is 8.70. The number of rotatable bonds is 6. The largest absolute Gasteiger partial charge is 0.504 e. The number of hydrogen-bond acceptors (Lipinski definition) is 10. The Balaban J connectivity index is 1.55. The Hall–Kier alpha value is -3.49. The van der Waals surface area contributed by atoms with E-state index in [0.29, 0.717) is 24.2 Å². The molecular formula is C23H27N2O11+. The van der Waals surface area contributed by atoms with Gasteiger partial charge < -0.3 is 50.5 Å². The zero-order valence-corrected chi connectivity index (χ0v) is 18.9. The van der Waals surface area contributed by atoms with Crippen LogP contribution in [0.3, 0.4) is 0 Å². The van der Waals surface area contributed by atoms with Crippen LogP contribution in [0.4, 0.5) is 5.69 Å². The lowest BCUT2D eigenvalue weighted by atomic mass is 9.99. The number of carboxylic acids is 2. The minimum atomic E-state index is -1.63.